The molecule has 0 radical (unpaired) electrons. The number of nitrogens with zero attached hydrogens (tertiary/aromatic N) is 1. The van der Waals surface area contributed by atoms with E-state index in [1.54, 1.807) is 6.92 Å². The van der Waals surface area contributed by atoms with Gasteiger partial charge in [0.25, 0.3) is 0 Å². The van der Waals surface area contributed by atoms with Crippen molar-refractivity contribution >= 4 is 6.29 Å². The van der Waals surface area contributed by atoms with Crippen LogP contribution in [0.1, 0.15) is 19.8 Å². The summed E-state index contributed by atoms with van der Waals surface area (Å²) < 4.78 is 0. The Labute approximate surface area is 67.0 Å². The molecule has 0 aliphatic carbocycles. The molecule has 1 aliphatic heterocycles. The number of carbonyl (C=O) groups is 1. The van der Waals surface area contributed by atoms with Crippen LogP contribution < -0.4 is 0 Å². The average Bonchev–Trinajstić information content (AvgIpc) is 2.05. The van der Waals surface area contributed by atoms with Gasteiger partial charge in [0.2, 0.25) is 0 Å². The first-order valence-corrected chi connectivity index (χ1v) is 4.11. The smallest absolute Gasteiger partial charge is 0.123 e. The Morgan fingerprint density at radius 2 is 2.09 bits per heavy atom. The molecule has 1 N–H and O–H groups in total. The van der Waals surface area contributed by atoms with Gasteiger partial charge in [-0.1, -0.05) is 0 Å². The Balaban J connectivity index is 2.29. The molecule has 1 fully saturated rings. The van der Waals surface area contributed by atoms with E-state index in [-0.39, 0.29) is 12.1 Å². The van der Waals surface area contributed by atoms with Crippen LogP contribution in [0.2, 0.25) is 0 Å². The van der Waals surface area contributed by atoms with E-state index in [2.05, 4.69) is 0 Å². The third-order valence-electron chi connectivity index (χ3n) is 2.30. The molecule has 1 heterocycles. The fourth-order valence-corrected chi connectivity index (χ4v) is 1.43. The summed E-state index contributed by atoms with van der Waals surface area (Å²) in [5.74, 6) is 0.227. The van der Waals surface area contributed by atoms with Crippen molar-refractivity contribution < 1.29 is 9.90 Å². The number of aliphatic hydroxyl groups is 1. The molecule has 1 aliphatic rings. The zero-order chi connectivity index (χ0) is 8.27. The van der Waals surface area contributed by atoms with Crippen LogP contribution >= 0.6 is 0 Å². The Hall–Kier alpha value is -0.410. The van der Waals surface area contributed by atoms with Gasteiger partial charge in [0.1, 0.15) is 12.5 Å². The van der Waals surface area contributed by atoms with Crippen molar-refractivity contribution in [1.29, 1.82) is 0 Å². The van der Waals surface area contributed by atoms with Crippen LogP contribution in [0.25, 0.3) is 0 Å². The van der Waals surface area contributed by atoms with Crippen molar-refractivity contribution in [3.63, 3.8) is 0 Å². The molecule has 0 aromatic carbocycles. The van der Waals surface area contributed by atoms with Crippen molar-refractivity contribution in [3.05, 3.63) is 0 Å². The highest BCUT2D eigenvalue weighted by atomic mass is 16.3. The van der Waals surface area contributed by atoms with Gasteiger partial charge < -0.3 is 9.90 Å². The van der Waals surface area contributed by atoms with Crippen LogP contribution in [0.15, 0.2) is 0 Å². The van der Waals surface area contributed by atoms with Gasteiger partial charge in [0, 0.05) is 19.0 Å². The van der Waals surface area contributed by atoms with E-state index in [1.807, 2.05) is 4.90 Å². The number of likely N-dealkylation sites (tertiary alicyclic amines) is 1. The van der Waals surface area contributed by atoms with Gasteiger partial charge in [-0.3, -0.25) is 4.90 Å². The lowest BCUT2D eigenvalue weighted by atomic mass is 9.99. The Kier molecular flexibility index (Phi) is 3.02. The summed E-state index contributed by atoms with van der Waals surface area (Å²) >= 11 is 0. The van der Waals surface area contributed by atoms with Crippen LogP contribution in [0.4, 0.5) is 0 Å². The third kappa shape index (κ3) is 2.27. The molecule has 3 nitrogen and oxygen atoms in total. The second-order valence-electron chi connectivity index (χ2n) is 3.14. The normalized spacial score (nSPS) is 24.9. The van der Waals surface area contributed by atoms with Gasteiger partial charge in [-0.15, -0.1) is 0 Å². The monoisotopic (exact) mass is 157 g/mol. The molecule has 0 aromatic heterocycles. The van der Waals surface area contributed by atoms with E-state index >= 15 is 0 Å². The zero-order valence-electron chi connectivity index (χ0n) is 6.86. The highest BCUT2D eigenvalue weighted by Gasteiger charge is 2.20. The minimum Gasteiger partial charge on any atom is -0.379 e. The SMILES string of the molecule is CC(O)N1CCC(C=O)CC1. The van der Waals surface area contributed by atoms with Crippen LogP contribution in [0.5, 0.6) is 0 Å². The Morgan fingerprint density at radius 3 is 2.45 bits per heavy atom. The highest BCUT2D eigenvalue weighted by Crippen LogP contribution is 2.15. The first-order chi connectivity index (χ1) is 5.24. The second-order valence-corrected chi connectivity index (χ2v) is 3.14. The summed E-state index contributed by atoms with van der Waals surface area (Å²) in [6, 6.07) is 0. The first-order valence-electron chi connectivity index (χ1n) is 4.11. The number of hydrogen-bond donors (Lipinski definition) is 1. The lowest BCUT2D eigenvalue weighted by Gasteiger charge is -2.31. The minimum atomic E-state index is -0.359. The van der Waals surface area contributed by atoms with Gasteiger partial charge in [-0.05, 0) is 19.8 Å². The molecule has 64 valence electrons. The Bertz CT molecular complexity index is 128. The molecule has 0 spiro atoms. The maximum Gasteiger partial charge on any atom is 0.123 e. The molecular weight excluding hydrogens is 142 g/mol. The fraction of sp³-hybridized carbons (Fsp3) is 0.875. The number of aliphatic hydroxyl groups excluding tert-OH is 1. The molecule has 0 amide bonds. The molecule has 0 bridgehead atoms. The molecule has 3 heteroatoms. The predicted molar refractivity (Wildman–Crippen MR) is 42.0 cm³/mol. The molecule has 11 heavy (non-hydrogen) atoms. The van der Waals surface area contributed by atoms with E-state index in [0.717, 1.165) is 32.2 Å². The molecule has 1 atom stereocenters. The predicted octanol–water partition coefficient (Wildman–Crippen LogP) is 0.236. The van der Waals surface area contributed by atoms with Crippen molar-refractivity contribution in [2.75, 3.05) is 13.1 Å². The summed E-state index contributed by atoms with van der Waals surface area (Å²) in [4.78, 5) is 12.3. The standard InChI is InChI=1S/C8H15NO2/c1-7(11)9-4-2-8(6-10)3-5-9/h6-8,11H,2-5H2,1H3. The van der Waals surface area contributed by atoms with Crippen molar-refractivity contribution in [1.82, 2.24) is 4.90 Å². The number of piperidine rings is 1. The number of aldehydes is 1. The first kappa shape index (κ1) is 8.68. The van der Waals surface area contributed by atoms with E-state index in [0.29, 0.717) is 0 Å². The molecular formula is C8H15NO2. The van der Waals surface area contributed by atoms with Gasteiger partial charge in [0.15, 0.2) is 0 Å². The number of rotatable bonds is 2. The molecule has 0 saturated carbocycles. The van der Waals surface area contributed by atoms with Gasteiger partial charge in [0.05, 0.1) is 0 Å². The summed E-state index contributed by atoms with van der Waals surface area (Å²) in [5.41, 5.74) is 0. The van der Waals surface area contributed by atoms with E-state index in [4.69, 9.17) is 0 Å². The zero-order valence-corrected chi connectivity index (χ0v) is 6.86. The average molecular weight is 157 g/mol. The molecule has 1 saturated heterocycles. The largest absolute Gasteiger partial charge is 0.379 e. The van der Waals surface area contributed by atoms with Crippen molar-refractivity contribution in [3.8, 4) is 0 Å². The summed E-state index contributed by atoms with van der Waals surface area (Å²) in [6.45, 7) is 3.46. The van der Waals surface area contributed by atoms with Crippen molar-refractivity contribution in [2.45, 2.75) is 26.0 Å². The highest BCUT2D eigenvalue weighted by molar-refractivity contribution is 5.53. The molecule has 1 rings (SSSR count). The summed E-state index contributed by atoms with van der Waals surface area (Å²) in [5, 5.41) is 9.17. The second kappa shape index (κ2) is 3.83. The molecule has 1 unspecified atom stereocenters. The van der Waals surface area contributed by atoms with Crippen molar-refractivity contribution in [2.24, 2.45) is 5.92 Å². The van der Waals surface area contributed by atoms with Gasteiger partial charge in [-0.2, -0.15) is 0 Å². The Morgan fingerprint density at radius 1 is 1.55 bits per heavy atom. The summed E-state index contributed by atoms with van der Waals surface area (Å²) in [6.07, 6.45) is 2.46. The van der Waals surface area contributed by atoms with Gasteiger partial charge in [-0.25, -0.2) is 0 Å². The van der Waals surface area contributed by atoms with E-state index in [9.17, 15) is 9.90 Å². The lowest BCUT2D eigenvalue weighted by molar-refractivity contribution is -0.113. The number of carbonyl (C=O) groups excluding carboxylic acids is 1. The number of hydrogen-bond acceptors (Lipinski definition) is 3. The van der Waals surface area contributed by atoms with E-state index in [1.165, 1.54) is 0 Å². The lowest BCUT2D eigenvalue weighted by Crippen LogP contribution is -2.40. The quantitative estimate of drug-likeness (QED) is 0.583. The summed E-state index contributed by atoms with van der Waals surface area (Å²) in [7, 11) is 0. The van der Waals surface area contributed by atoms with Crippen LogP contribution in [0.3, 0.4) is 0 Å². The van der Waals surface area contributed by atoms with E-state index < -0.39 is 0 Å². The van der Waals surface area contributed by atoms with Crippen LogP contribution in [-0.4, -0.2) is 35.6 Å². The third-order valence-corrected chi connectivity index (χ3v) is 2.30. The molecule has 0 aromatic rings. The maximum atomic E-state index is 10.4. The van der Waals surface area contributed by atoms with Crippen LogP contribution in [0, 0.1) is 5.92 Å². The topological polar surface area (TPSA) is 40.5 Å². The minimum absolute atomic E-state index is 0.227. The van der Waals surface area contributed by atoms with Crippen LogP contribution in [-0.2, 0) is 4.79 Å². The van der Waals surface area contributed by atoms with Gasteiger partial charge >= 0.3 is 0 Å². The fourth-order valence-electron chi connectivity index (χ4n) is 1.43. The maximum absolute atomic E-state index is 10.4.